The average molecular weight is 549 g/mol. The lowest BCUT2D eigenvalue weighted by molar-refractivity contribution is -0.136. The number of amides is 3. The first kappa shape index (κ1) is 26.8. The maximum absolute atomic E-state index is 13.2. The van der Waals surface area contributed by atoms with Gasteiger partial charge in [-0.2, -0.15) is 15.3 Å². The minimum absolute atomic E-state index is 0.117. The van der Waals surface area contributed by atoms with Crippen molar-refractivity contribution in [2.45, 2.75) is 33.7 Å². The van der Waals surface area contributed by atoms with Crippen molar-refractivity contribution in [2.75, 3.05) is 38.1 Å². The van der Waals surface area contributed by atoms with Gasteiger partial charge in [-0.15, -0.1) is 0 Å². The second-order valence-corrected chi connectivity index (χ2v) is 9.65. The van der Waals surface area contributed by atoms with Gasteiger partial charge in [0.15, 0.2) is 11.3 Å². The number of carbonyl (C=O) groups is 3. The van der Waals surface area contributed by atoms with E-state index in [1.165, 1.54) is 0 Å². The van der Waals surface area contributed by atoms with E-state index in [9.17, 15) is 14.4 Å². The fourth-order valence-corrected chi connectivity index (χ4v) is 4.65. The summed E-state index contributed by atoms with van der Waals surface area (Å²) in [6, 6.07) is 2.85. The van der Waals surface area contributed by atoms with Gasteiger partial charge in [-0.3, -0.25) is 19.0 Å². The van der Waals surface area contributed by atoms with E-state index in [4.69, 9.17) is 4.74 Å². The Morgan fingerprint density at radius 1 is 1.10 bits per heavy atom. The molecule has 1 fully saturated rings. The fourth-order valence-electron chi connectivity index (χ4n) is 4.65. The second kappa shape index (κ2) is 10.8. The molecule has 5 heterocycles. The number of hydrogen-bond acceptors (Lipinski definition) is 8. The number of aryl methyl sites for hydroxylation is 2. The zero-order chi connectivity index (χ0) is 28.6. The van der Waals surface area contributed by atoms with Crippen LogP contribution in [0.4, 0.5) is 10.5 Å². The van der Waals surface area contributed by atoms with Crippen molar-refractivity contribution >= 4 is 29.2 Å². The molecule has 0 bridgehead atoms. The maximum Gasteiger partial charge on any atom is 0.409 e. The first-order valence-corrected chi connectivity index (χ1v) is 13.1. The lowest BCUT2D eigenvalue weighted by atomic mass is 10.2. The average Bonchev–Trinajstić information content (AvgIpc) is 3.65. The lowest BCUT2D eigenvalue weighted by Crippen LogP contribution is -2.52. The van der Waals surface area contributed by atoms with Crippen LogP contribution in [0, 0.1) is 13.8 Å². The number of nitrogens with one attached hydrogen (secondary N) is 1. The number of anilines is 1. The monoisotopic (exact) mass is 548 g/mol. The fraction of sp³-hybridized carbons (Fsp3) is 0.423. The molecule has 0 radical (unpaired) electrons. The third-order valence-electron chi connectivity index (χ3n) is 7.14. The molecular weight excluding hydrogens is 516 g/mol. The molecule has 3 amide bonds. The minimum atomic E-state index is -0.594. The number of ether oxygens (including phenoxy) is 1. The highest BCUT2D eigenvalue weighted by Gasteiger charge is 2.29. The van der Waals surface area contributed by atoms with Gasteiger partial charge in [0, 0.05) is 62.9 Å². The van der Waals surface area contributed by atoms with E-state index in [0.29, 0.717) is 49.8 Å². The van der Waals surface area contributed by atoms with Crippen molar-refractivity contribution in [3.63, 3.8) is 0 Å². The number of fused-ring (bicyclic) bond motifs is 1. The summed E-state index contributed by atoms with van der Waals surface area (Å²) in [5, 5.41) is 16.1. The van der Waals surface area contributed by atoms with E-state index in [-0.39, 0.29) is 17.7 Å². The summed E-state index contributed by atoms with van der Waals surface area (Å²) in [5.41, 5.74) is 4.38. The van der Waals surface area contributed by atoms with Gasteiger partial charge in [-0.05, 0) is 33.8 Å². The van der Waals surface area contributed by atoms with Crippen molar-refractivity contribution in [1.29, 1.82) is 0 Å². The van der Waals surface area contributed by atoms with Gasteiger partial charge in [0.05, 0.1) is 29.9 Å². The number of nitrogens with zero attached hydrogens (tertiary/aromatic N) is 9. The van der Waals surface area contributed by atoms with Crippen molar-refractivity contribution in [3.8, 4) is 11.3 Å². The molecule has 1 atom stereocenters. The van der Waals surface area contributed by atoms with Crippen molar-refractivity contribution in [3.05, 3.63) is 47.8 Å². The van der Waals surface area contributed by atoms with Gasteiger partial charge < -0.3 is 19.9 Å². The van der Waals surface area contributed by atoms with Gasteiger partial charge in [-0.25, -0.2) is 14.3 Å². The summed E-state index contributed by atoms with van der Waals surface area (Å²) in [6.07, 6.45) is 4.70. The summed E-state index contributed by atoms with van der Waals surface area (Å²) in [7, 11) is 1.86. The van der Waals surface area contributed by atoms with Crippen LogP contribution in [0.5, 0.6) is 0 Å². The summed E-state index contributed by atoms with van der Waals surface area (Å²) in [6.45, 7) is 9.19. The van der Waals surface area contributed by atoms with Crippen LogP contribution in [0.2, 0.25) is 0 Å². The summed E-state index contributed by atoms with van der Waals surface area (Å²) < 4.78 is 9.98. The smallest absolute Gasteiger partial charge is 0.409 e. The van der Waals surface area contributed by atoms with Gasteiger partial charge in [0.2, 0.25) is 5.91 Å². The first-order chi connectivity index (χ1) is 19.2. The molecule has 4 aromatic rings. The van der Waals surface area contributed by atoms with Crippen molar-refractivity contribution < 1.29 is 19.1 Å². The minimum Gasteiger partial charge on any atom is -0.450 e. The molecule has 1 saturated heterocycles. The topological polar surface area (TPSA) is 145 Å². The quantitative estimate of drug-likeness (QED) is 0.385. The van der Waals surface area contributed by atoms with Crippen LogP contribution >= 0.6 is 0 Å². The Bertz CT molecular complexity index is 1580. The van der Waals surface area contributed by atoms with E-state index >= 15 is 0 Å². The molecule has 0 aliphatic carbocycles. The molecular formula is C26H32N10O4. The first-order valence-electron chi connectivity index (χ1n) is 13.1. The zero-order valence-electron chi connectivity index (χ0n) is 23.2. The zero-order valence-corrected chi connectivity index (χ0v) is 23.2. The van der Waals surface area contributed by atoms with Crippen LogP contribution in [0.15, 0.2) is 30.7 Å². The molecule has 5 rings (SSSR count). The summed E-state index contributed by atoms with van der Waals surface area (Å²) in [4.78, 5) is 45.9. The Balaban J connectivity index is 1.28. The molecule has 0 aromatic carbocycles. The van der Waals surface area contributed by atoms with Crippen LogP contribution in [0.1, 0.15) is 41.8 Å². The SMILES string of the molecule is CCOC(=O)N1CCN(C(=O)C(C)n2cc(NC(=O)c3cc4nccc(-c5cnn(C)c5C)n4n3)c(C)n2)CC1. The Labute approximate surface area is 230 Å². The van der Waals surface area contributed by atoms with Crippen LogP contribution in [0.25, 0.3) is 16.9 Å². The second-order valence-electron chi connectivity index (χ2n) is 9.65. The van der Waals surface area contributed by atoms with Gasteiger partial charge >= 0.3 is 6.09 Å². The molecule has 0 saturated carbocycles. The predicted octanol–water partition coefficient (Wildman–Crippen LogP) is 2.06. The van der Waals surface area contributed by atoms with E-state index in [2.05, 4.69) is 25.6 Å². The maximum atomic E-state index is 13.2. The molecule has 210 valence electrons. The summed E-state index contributed by atoms with van der Waals surface area (Å²) >= 11 is 0. The number of aromatic nitrogens is 7. The van der Waals surface area contributed by atoms with E-state index in [1.807, 2.05) is 20.0 Å². The predicted molar refractivity (Wildman–Crippen MR) is 145 cm³/mol. The van der Waals surface area contributed by atoms with Crippen LogP contribution < -0.4 is 5.32 Å². The lowest BCUT2D eigenvalue weighted by Gasteiger charge is -2.35. The van der Waals surface area contributed by atoms with Crippen LogP contribution in [-0.4, -0.2) is 94.7 Å². The molecule has 40 heavy (non-hydrogen) atoms. The third kappa shape index (κ3) is 4.99. The number of hydrogen-bond donors (Lipinski definition) is 1. The van der Waals surface area contributed by atoms with E-state index in [1.54, 1.807) is 69.1 Å². The Kier molecular flexibility index (Phi) is 7.24. The molecule has 1 unspecified atom stereocenters. The van der Waals surface area contributed by atoms with Gasteiger partial charge in [-0.1, -0.05) is 0 Å². The Morgan fingerprint density at radius 3 is 2.50 bits per heavy atom. The highest BCUT2D eigenvalue weighted by molar-refractivity contribution is 6.03. The molecule has 4 aromatic heterocycles. The van der Waals surface area contributed by atoms with Crippen molar-refractivity contribution in [1.82, 2.24) is 44.0 Å². The number of piperazine rings is 1. The van der Waals surface area contributed by atoms with E-state index in [0.717, 1.165) is 17.0 Å². The van der Waals surface area contributed by atoms with Crippen LogP contribution in [-0.2, 0) is 16.6 Å². The Hall–Kier alpha value is -4.75. The molecule has 1 N–H and O–H groups in total. The highest BCUT2D eigenvalue weighted by atomic mass is 16.6. The largest absolute Gasteiger partial charge is 0.450 e. The molecule has 1 aliphatic heterocycles. The molecule has 14 heteroatoms. The van der Waals surface area contributed by atoms with Crippen molar-refractivity contribution in [2.24, 2.45) is 7.05 Å². The third-order valence-corrected chi connectivity index (χ3v) is 7.14. The van der Waals surface area contributed by atoms with Gasteiger partial charge in [0.25, 0.3) is 5.91 Å². The van der Waals surface area contributed by atoms with Gasteiger partial charge in [0.1, 0.15) is 6.04 Å². The molecule has 14 nitrogen and oxygen atoms in total. The number of rotatable bonds is 6. The number of carbonyl (C=O) groups excluding carboxylic acids is 3. The Morgan fingerprint density at radius 2 is 1.82 bits per heavy atom. The molecule has 0 spiro atoms. The van der Waals surface area contributed by atoms with Crippen LogP contribution in [0.3, 0.4) is 0 Å². The van der Waals surface area contributed by atoms with E-state index < -0.39 is 11.9 Å². The standard InChI is InChI=1S/C26H32N10O4/c1-6-40-26(39)34-11-9-33(10-12-34)25(38)18(4)35-15-21(16(2)30-35)29-24(37)20-13-23-27-8-7-22(36(23)31-20)19-14-28-32(5)17(19)3/h7-8,13-15,18H,6,9-12H2,1-5H3,(H,29,37). The molecule has 1 aliphatic rings. The normalized spacial score (nSPS) is 14.4. The highest BCUT2D eigenvalue weighted by Crippen LogP contribution is 2.24. The summed E-state index contributed by atoms with van der Waals surface area (Å²) in [5.74, 6) is -0.537.